The van der Waals surface area contributed by atoms with Crippen molar-refractivity contribution in [1.82, 2.24) is 14.3 Å². The Kier molecular flexibility index (Phi) is 9.82. The maximum atomic E-state index is 14.2. The molecule has 44 heavy (non-hydrogen) atoms. The Hall–Kier alpha value is -4.82. The van der Waals surface area contributed by atoms with E-state index in [2.05, 4.69) is 16.4 Å². The summed E-state index contributed by atoms with van der Waals surface area (Å²) in [5, 5.41) is 11.6. The highest BCUT2D eigenvalue weighted by molar-refractivity contribution is 7.97. The molecule has 1 fully saturated rings. The number of carbonyl (C=O) groups is 2. The molecule has 1 aliphatic carbocycles. The number of benzene rings is 2. The van der Waals surface area contributed by atoms with Gasteiger partial charge in [0.05, 0.1) is 29.8 Å². The van der Waals surface area contributed by atoms with Gasteiger partial charge in [0.1, 0.15) is 11.8 Å². The van der Waals surface area contributed by atoms with E-state index in [0.717, 1.165) is 36.4 Å². The van der Waals surface area contributed by atoms with Crippen LogP contribution in [0.5, 0.6) is 0 Å². The summed E-state index contributed by atoms with van der Waals surface area (Å²) in [5.41, 5.74) is 3.69. The van der Waals surface area contributed by atoms with Gasteiger partial charge in [-0.3, -0.25) is 18.5 Å². The number of nitrogens with zero attached hydrogens (tertiary/aromatic N) is 5. The van der Waals surface area contributed by atoms with Crippen molar-refractivity contribution in [3.8, 4) is 6.07 Å². The first kappa shape index (κ1) is 30.6. The van der Waals surface area contributed by atoms with Crippen LogP contribution in [0.1, 0.15) is 70.9 Å². The number of rotatable bonds is 10. The van der Waals surface area contributed by atoms with Crippen molar-refractivity contribution >= 4 is 42.0 Å². The van der Waals surface area contributed by atoms with Crippen molar-refractivity contribution in [1.29, 1.82) is 5.26 Å². The van der Waals surface area contributed by atoms with E-state index in [0.29, 0.717) is 29.4 Å². The minimum Gasteiger partial charge on any atom is -0.319 e. The summed E-state index contributed by atoms with van der Waals surface area (Å²) in [6, 6.07) is 16.6. The molecule has 2 aromatic carbocycles. The van der Waals surface area contributed by atoms with E-state index in [1.807, 2.05) is 31.3 Å². The van der Waals surface area contributed by atoms with Crippen LogP contribution in [0.4, 0.5) is 20.2 Å². The first-order valence-corrected chi connectivity index (χ1v) is 15.0. The van der Waals surface area contributed by atoms with Crippen molar-refractivity contribution < 1.29 is 18.4 Å². The van der Waals surface area contributed by atoms with E-state index in [9.17, 15) is 23.6 Å². The largest absolute Gasteiger partial charge is 0.319 e. The number of aliphatic imine (C=N–C) groups is 1. The monoisotopic (exact) mass is 612 g/mol. The van der Waals surface area contributed by atoms with Crippen LogP contribution in [-0.2, 0) is 11.3 Å². The zero-order valence-corrected chi connectivity index (χ0v) is 24.9. The average Bonchev–Trinajstić information content (AvgIpc) is 3.51. The van der Waals surface area contributed by atoms with E-state index >= 15 is 0 Å². The zero-order valence-electron chi connectivity index (χ0n) is 24.0. The summed E-state index contributed by atoms with van der Waals surface area (Å²) in [6.45, 7) is 2.02. The molecule has 224 valence electrons. The molecular formula is C33H30F2N6O2S. The molecule has 0 radical (unpaired) electrons. The molecule has 1 saturated carbocycles. The minimum atomic E-state index is -1.21. The van der Waals surface area contributed by atoms with Gasteiger partial charge in [0.2, 0.25) is 6.41 Å². The lowest BCUT2D eigenvalue weighted by Crippen LogP contribution is -2.32. The van der Waals surface area contributed by atoms with Crippen LogP contribution in [0.2, 0.25) is 0 Å². The SMILES string of the molecule is Cc1ccc(N(Cc2ccc(C3CCCCC3)cn2)C(=O)c2cccn2Sc2cc(F)c(F)c(C#N)c2)cc1N=CNC=O. The summed E-state index contributed by atoms with van der Waals surface area (Å²) < 4.78 is 29.7. The predicted molar refractivity (Wildman–Crippen MR) is 166 cm³/mol. The predicted octanol–water partition coefficient (Wildman–Crippen LogP) is 7.20. The second-order valence-electron chi connectivity index (χ2n) is 10.5. The molecule has 1 N–H and O–H groups in total. The van der Waals surface area contributed by atoms with Crippen LogP contribution < -0.4 is 10.2 Å². The topological polar surface area (TPSA) is 103 Å². The van der Waals surface area contributed by atoms with E-state index in [1.165, 1.54) is 37.2 Å². The van der Waals surface area contributed by atoms with Gasteiger partial charge in [-0.2, -0.15) is 5.26 Å². The first-order valence-electron chi connectivity index (χ1n) is 14.2. The number of pyridine rings is 1. The highest BCUT2D eigenvalue weighted by atomic mass is 32.2. The lowest BCUT2D eigenvalue weighted by Gasteiger charge is -2.25. The maximum Gasteiger partial charge on any atom is 0.276 e. The van der Waals surface area contributed by atoms with Crippen LogP contribution in [0.25, 0.3) is 0 Å². The second-order valence-corrected chi connectivity index (χ2v) is 11.6. The molecular weight excluding hydrogens is 582 g/mol. The molecule has 0 bridgehead atoms. The number of carbonyl (C=O) groups excluding carboxylic acids is 2. The van der Waals surface area contributed by atoms with Gasteiger partial charge in [0, 0.05) is 23.0 Å². The van der Waals surface area contributed by atoms with Crippen molar-refractivity contribution in [2.45, 2.75) is 56.4 Å². The van der Waals surface area contributed by atoms with Crippen molar-refractivity contribution in [2.75, 3.05) is 4.90 Å². The molecule has 2 amide bonds. The Morgan fingerprint density at radius 3 is 2.73 bits per heavy atom. The number of hydrogen-bond acceptors (Lipinski definition) is 6. The molecule has 2 aromatic heterocycles. The van der Waals surface area contributed by atoms with Gasteiger partial charge in [-0.25, -0.2) is 13.8 Å². The van der Waals surface area contributed by atoms with Crippen molar-refractivity contribution in [3.05, 3.63) is 107 Å². The molecule has 0 spiro atoms. The fourth-order valence-corrected chi connectivity index (χ4v) is 6.17. The van der Waals surface area contributed by atoms with Crippen molar-refractivity contribution in [3.63, 3.8) is 0 Å². The molecule has 11 heteroatoms. The Bertz CT molecular complexity index is 1730. The van der Waals surface area contributed by atoms with Gasteiger partial charge in [-0.05, 0) is 91.2 Å². The average molecular weight is 613 g/mol. The third-order valence-electron chi connectivity index (χ3n) is 7.60. The summed E-state index contributed by atoms with van der Waals surface area (Å²) in [6.07, 6.45) is 11.3. The van der Waals surface area contributed by atoms with Gasteiger partial charge >= 0.3 is 0 Å². The van der Waals surface area contributed by atoms with Crippen LogP contribution in [-0.4, -0.2) is 27.6 Å². The molecule has 2 heterocycles. The number of aromatic nitrogens is 2. The normalized spacial score (nSPS) is 13.5. The third kappa shape index (κ3) is 7.03. The van der Waals surface area contributed by atoms with Gasteiger partial charge in [-0.15, -0.1) is 0 Å². The van der Waals surface area contributed by atoms with Gasteiger partial charge in [0.25, 0.3) is 5.91 Å². The third-order valence-corrected chi connectivity index (χ3v) is 8.56. The van der Waals surface area contributed by atoms with Crippen molar-refractivity contribution in [2.24, 2.45) is 4.99 Å². The van der Waals surface area contributed by atoms with Crippen LogP contribution >= 0.6 is 11.9 Å². The highest BCUT2D eigenvalue weighted by Crippen LogP contribution is 2.33. The molecule has 8 nitrogen and oxygen atoms in total. The van der Waals surface area contributed by atoms with Crippen LogP contribution in [0, 0.1) is 29.9 Å². The van der Waals surface area contributed by atoms with E-state index in [1.54, 1.807) is 39.3 Å². The van der Waals surface area contributed by atoms with Gasteiger partial charge in [-0.1, -0.05) is 31.4 Å². The number of nitrogens with one attached hydrogen (secondary N) is 1. The molecule has 0 unspecified atom stereocenters. The fraction of sp³-hybridized carbons (Fsp3) is 0.242. The standard InChI is InChI=1S/C33H30F2N6O2S/c1-22-9-12-27(15-30(22)39-20-37-21-42)40(19-26-11-10-24(18-38-26)23-6-3-2-4-7-23)33(43)31-8-5-13-41(31)44-28-14-25(17-36)32(35)29(34)16-28/h5,8-16,18,20-21,23H,2-4,6-7,19H2,1H3,(H,37,39,42). The van der Waals surface area contributed by atoms with Crippen LogP contribution in [0.3, 0.4) is 0 Å². The minimum absolute atomic E-state index is 0.155. The van der Waals surface area contributed by atoms with E-state index < -0.39 is 17.2 Å². The lowest BCUT2D eigenvalue weighted by atomic mass is 9.85. The summed E-state index contributed by atoms with van der Waals surface area (Å²) in [7, 11) is 0. The molecule has 1 aliphatic rings. The molecule has 0 aliphatic heterocycles. The Morgan fingerprint density at radius 2 is 2.00 bits per heavy atom. The number of nitriles is 1. The Morgan fingerprint density at radius 1 is 1.18 bits per heavy atom. The number of amides is 2. The van der Waals surface area contributed by atoms with E-state index in [4.69, 9.17) is 4.98 Å². The second kappa shape index (κ2) is 14.1. The fourth-order valence-electron chi connectivity index (χ4n) is 5.25. The first-order chi connectivity index (χ1) is 21.4. The number of anilines is 1. The molecule has 4 aromatic rings. The van der Waals surface area contributed by atoms with Gasteiger partial charge < -0.3 is 10.2 Å². The number of halogens is 2. The Balaban J connectivity index is 1.48. The summed E-state index contributed by atoms with van der Waals surface area (Å²) >= 11 is 0.988. The molecule has 0 atom stereocenters. The molecule has 5 rings (SSSR count). The van der Waals surface area contributed by atoms with Crippen LogP contribution in [0.15, 0.2) is 76.9 Å². The number of aryl methyl sites for hydroxylation is 1. The van der Waals surface area contributed by atoms with E-state index in [-0.39, 0.29) is 23.0 Å². The molecule has 0 saturated heterocycles. The van der Waals surface area contributed by atoms with Gasteiger partial charge in [0.15, 0.2) is 11.6 Å². The highest BCUT2D eigenvalue weighted by Gasteiger charge is 2.24. The summed E-state index contributed by atoms with van der Waals surface area (Å²) in [4.78, 5) is 35.8. The number of hydrogen-bond donors (Lipinski definition) is 1. The lowest BCUT2D eigenvalue weighted by molar-refractivity contribution is -0.108. The zero-order chi connectivity index (χ0) is 31.1. The smallest absolute Gasteiger partial charge is 0.276 e. The maximum absolute atomic E-state index is 14.2. The Labute approximate surface area is 258 Å². The quantitative estimate of drug-likeness (QED) is 0.116. The summed E-state index contributed by atoms with van der Waals surface area (Å²) in [5.74, 6) is -2.23.